The highest BCUT2D eigenvalue weighted by Gasteiger charge is 2.19. The maximum atomic E-state index is 11.9. The van der Waals surface area contributed by atoms with Crippen molar-refractivity contribution in [1.82, 2.24) is 0 Å². The molecule has 0 bridgehead atoms. The highest BCUT2D eigenvalue weighted by molar-refractivity contribution is 6.34. The lowest BCUT2D eigenvalue weighted by Gasteiger charge is -2.13. The van der Waals surface area contributed by atoms with Crippen molar-refractivity contribution in [2.45, 2.75) is 13.3 Å². The van der Waals surface area contributed by atoms with Crippen LogP contribution in [0, 0.1) is 6.92 Å². The third-order valence-electron chi connectivity index (χ3n) is 3.73. The Hall–Kier alpha value is -2.33. The van der Waals surface area contributed by atoms with Gasteiger partial charge in [0.05, 0.1) is 24.8 Å². The zero-order chi connectivity index (χ0) is 17.0. The van der Waals surface area contributed by atoms with Crippen molar-refractivity contribution in [3.63, 3.8) is 0 Å². The summed E-state index contributed by atoms with van der Waals surface area (Å²) in [5.74, 6) is 0.194. The van der Waals surface area contributed by atoms with Gasteiger partial charge in [-0.3, -0.25) is 4.79 Å². The average Bonchev–Trinajstić information content (AvgIpc) is 2.58. The van der Waals surface area contributed by atoms with Crippen molar-refractivity contribution in [2.75, 3.05) is 14.2 Å². The van der Waals surface area contributed by atoms with Crippen LogP contribution in [0.25, 0.3) is 0 Å². The van der Waals surface area contributed by atoms with Crippen LogP contribution in [-0.2, 0) is 11.2 Å². The molecule has 23 heavy (non-hydrogen) atoms. The minimum Gasteiger partial charge on any atom is -0.497 e. The van der Waals surface area contributed by atoms with E-state index in [2.05, 4.69) is 0 Å². The first-order chi connectivity index (χ1) is 11.0. The van der Waals surface area contributed by atoms with Gasteiger partial charge in [-0.2, -0.15) is 0 Å². The number of esters is 1. The molecule has 0 spiro atoms. The van der Waals surface area contributed by atoms with E-state index in [-0.39, 0.29) is 16.1 Å². The van der Waals surface area contributed by atoms with Gasteiger partial charge in [-0.25, -0.2) is 4.79 Å². The summed E-state index contributed by atoms with van der Waals surface area (Å²) in [5.41, 5.74) is 3.03. The Morgan fingerprint density at radius 1 is 1.22 bits per heavy atom. The number of ether oxygens (including phenoxy) is 2. The Balaban J connectivity index is 2.47. The number of rotatable bonds is 5. The molecule has 0 aliphatic carbocycles. The van der Waals surface area contributed by atoms with E-state index < -0.39 is 5.97 Å². The van der Waals surface area contributed by atoms with Crippen LogP contribution in [0.1, 0.15) is 37.4 Å². The van der Waals surface area contributed by atoms with Gasteiger partial charge >= 0.3 is 5.97 Å². The van der Waals surface area contributed by atoms with E-state index in [0.29, 0.717) is 12.7 Å². The summed E-state index contributed by atoms with van der Waals surface area (Å²) in [6.45, 7) is 1.83. The number of carbonyl (C=O) groups excluding carboxylic acids is 2. The quantitative estimate of drug-likeness (QED) is 0.616. The SMILES string of the molecule is COC(=O)c1cc(Cc2ccc(OC)cc2)c(C)c(Cl)c1C=O. The number of carbonyl (C=O) groups is 2. The van der Waals surface area contributed by atoms with Crippen LogP contribution in [0.4, 0.5) is 0 Å². The first kappa shape index (κ1) is 17.0. The summed E-state index contributed by atoms with van der Waals surface area (Å²) in [6, 6.07) is 9.29. The molecule has 2 aromatic carbocycles. The summed E-state index contributed by atoms with van der Waals surface area (Å²) in [6.07, 6.45) is 1.16. The second-order valence-electron chi connectivity index (χ2n) is 5.07. The lowest BCUT2D eigenvalue weighted by Crippen LogP contribution is -2.09. The number of halogens is 1. The molecule has 0 aliphatic rings. The Labute approximate surface area is 140 Å². The van der Waals surface area contributed by atoms with Crippen LogP contribution >= 0.6 is 11.6 Å². The molecule has 0 aliphatic heterocycles. The van der Waals surface area contributed by atoms with Crippen LogP contribution in [0.2, 0.25) is 5.02 Å². The molecular weight excluding hydrogens is 316 g/mol. The monoisotopic (exact) mass is 332 g/mol. The zero-order valence-electron chi connectivity index (χ0n) is 13.2. The van der Waals surface area contributed by atoms with Gasteiger partial charge in [0.25, 0.3) is 0 Å². The zero-order valence-corrected chi connectivity index (χ0v) is 13.9. The molecular formula is C18H17ClO4. The number of methoxy groups -OCH3 is 2. The Kier molecular flexibility index (Phi) is 5.40. The fourth-order valence-electron chi connectivity index (χ4n) is 2.36. The van der Waals surface area contributed by atoms with Gasteiger partial charge < -0.3 is 9.47 Å². The van der Waals surface area contributed by atoms with Gasteiger partial charge in [-0.1, -0.05) is 23.7 Å². The molecule has 0 N–H and O–H groups in total. The number of hydrogen-bond donors (Lipinski definition) is 0. The molecule has 2 rings (SSSR count). The number of hydrogen-bond acceptors (Lipinski definition) is 4. The molecule has 0 heterocycles. The molecule has 2 aromatic rings. The first-order valence-corrected chi connectivity index (χ1v) is 7.38. The molecule has 5 heteroatoms. The van der Waals surface area contributed by atoms with Crippen LogP contribution in [0.15, 0.2) is 30.3 Å². The fraction of sp³-hybridized carbons (Fsp3) is 0.222. The molecule has 4 nitrogen and oxygen atoms in total. The second-order valence-corrected chi connectivity index (χ2v) is 5.45. The van der Waals surface area contributed by atoms with Crippen molar-refractivity contribution in [3.05, 3.63) is 63.2 Å². The van der Waals surface area contributed by atoms with E-state index in [1.54, 1.807) is 13.2 Å². The summed E-state index contributed by atoms with van der Waals surface area (Å²) >= 11 is 6.26. The smallest absolute Gasteiger partial charge is 0.338 e. The van der Waals surface area contributed by atoms with Gasteiger partial charge in [0.1, 0.15) is 5.75 Å². The minimum absolute atomic E-state index is 0.162. The largest absolute Gasteiger partial charge is 0.497 e. The van der Waals surface area contributed by atoms with Crippen LogP contribution in [-0.4, -0.2) is 26.5 Å². The highest BCUT2D eigenvalue weighted by atomic mass is 35.5. The molecule has 0 atom stereocenters. The van der Waals surface area contributed by atoms with Crippen molar-refractivity contribution in [1.29, 1.82) is 0 Å². The van der Waals surface area contributed by atoms with Crippen molar-refractivity contribution in [3.8, 4) is 5.75 Å². The number of aldehydes is 1. The van der Waals surface area contributed by atoms with Gasteiger partial charge in [-0.15, -0.1) is 0 Å². The predicted molar refractivity (Wildman–Crippen MR) is 88.7 cm³/mol. The van der Waals surface area contributed by atoms with Crippen LogP contribution < -0.4 is 4.74 Å². The van der Waals surface area contributed by atoms with Crippen molar-refractivity contribution >= 4 is 23.9 Å². The molecule has 0 aromatic heterocycles. The van der Waals surface area contributed by atoms with Gasteiger partial charge in [0.2, 0.25) is 0 Å². The van der Waals surface area contributed by atoms with E-state index in [4.69, 9.17) is 21.1 Å². The molecule has 0 unspecified atom stereocenters. The molecule has 120 valence electrons. The lowest BCUT2D eigenvalue weighted by molar-refractivity contribution is 0.0598. The van der Waals surface area contributed by atoms with Crippen LogP contribution in [0.5, 0.6) is 5.75 Å². The number of benzene rings is 2. The van der Waals surface area contributed by atoms with Gasteiger partial charge in [0.15, 0.2) is 6.29 Å². The molecule has 0 saturated heterocycles. The summed E-state index contributed by atoms with van der Waals surface area (Å²) in [7, 11) is 2.88. The Morgan fingerprint density at radius 3 is 2.39 bits per heavy atom. The topological polar surface area (TPSA) is 52.6 Å². The fourth-order valence-corrected chi connectivity index (χ4v) is 2.63. The predicted octanol–water partition coefficient (Wildman–Crippen LogP) is 3.85. The first-order valence-electron chi connectivity index (χ1n) is 7.00. The summed E-state index contributed by atoms with van der Waals surface area (Å²) in [5, 5.41) is 0.284. The van der Waals surface area contributed by atoms with E-state index in [9.17, 15) is 9.59 Å². The maximum absolute atomic E-state index is 11.9. The van der Waals surface area contributed by atoms with E-state index in [1.807, 2.05) is 31.2 Å². The molecule has 0 radical (unpaired) electrons. The summed E-state index contributed by atoms with van der Waals surface area (Å²) < 4.78 is 9.87. The van der Waals surface area contributed by atoms with Crippen molar-refractivity contribution in [2.24, 2.45) is 0 Å². The van der Waals surface area contributed by atoms with Gasteiger partial charge in [0, 0.05) is 5.56 Å². The Bertz CT molecular complexity index is 736. The molecule has 0 amide bonds. The van der Waals surface area contributed by atoms with E-state index in [1.165, 1.54) is 7.11 Å². The van der Waals surface area contributed by atoms with Crippen molar-refractivity contribution < 1.29 is 19.1 Å². The summed E-state index contributed by atoms with van der Waals surface area (Å²) in [4.78, 5) is 23.1. The minimum atomic E-state index is -0.579. The van der Waals surface area contributed by atoms with Crippen LogP contribution in [0.3, 0.4) is 0 Å². The lowest BCUT2D eigenvalue weighted by atomic mass is 9.95. The van der Waals surface area contributed by atoms with Gasteiger partial charge in [-0.05, 0) is 48.2 Å². The third kappa shape index (κ3) is 3.54. The molecule has 0 saturated carbocycles. The Morgan fingerprint density at radius 2 is 1.87 bits per heavy atom. The standard InChI is InChI=1S/C18H17ClO4/c1-11-13(8-12-4-6-14(22-2)7-5-12)9-15(18(21)23-3)16(10-20)17(11)19/h4-7,9-10H,8H2,1-3H3. The molecule has 0 fully saturated rings. The second kappa shape index (κ2) is 7.29. The maximum Gasteiger partial charge on any atom is 0.338 e. The average molecular weight is 333 g/mol. The van der Waals surface area contributed by atoms with E-state index >= 15 is 0 Å². The van der Waals surface area contributed by atoms with E-state index in [0.717, 1.165) is 22.4 Å². The third-order valence-corrected chi connectivity index (χ3v) is 4.22. The normalized spacial score (nSPS) is 10.3. The highest BCUT2D eigenvalue weighted by Crippen LogP contribution is 2.29.